The van der Waals surface area contributed by atoms with E-state index in [-0.39, 0.29) is 23.5 Å². The molecule has 0 aliphatic heterocycles. The molecule has 0 saturated heterocycles. The number of nitrogens with one attached hydrogen (secondary N) is 1. The third kappa shape index (κ3) is 4.16. The fourth-order valence-electron chi connectivity index (χ4n) is 2.79. The van der Waals surface area contributed by atoms with Gasteiger partial charge in [0.15, 0.2) is 0 Å². The fraction of sp³-hybridized carbons (Fsp3) is 0.263. The lowest BCUT2D eigenvalue weighted by atomic mass is 10.0. The largest absolute Gasteiger partial charge is 0.495 e. The molecule has 1 amide bonds. The van der Waals surface area contributed by atoms with Gasteiger partial charge in [-0.1, -0.05) is 35.4 Å². The molecule has 0 bridgehead atoms. The van der Waals surface area contributed by atoms with Gasteiger partial charge in [0.2, 0.25) is 0 Å². The maximum Gasteiger partial charge on any atom is 0.339 e. The standard InChI is InChI=1S/C19H21NO5/c1-11-7-12(2)9-13(8-11)16(10-21)20-18(22)14-5-4-6-15(19(23)24)17(14)25-3/h4-9,16,21H,10H2,1-3H3,(H,20,22)(H,23,24). The number of rotatable bonds is 6. The van der Waals surface area contributed by atoms with Gasteiger partial charge in [0, 0.05) is 0 Å². The second kappa shape index (κ2) is 7.81. The van der Waals surface area contributed by atoms with Crippen LogP contribution in [0.2, 0.25) is 0 Å². The van der Waals surface area contributed by atoms with E-state index in [0.717, 1.165) is 16.7 Å². The molecule has 2 aromatic rings. The summed E-state index contributed by atoms with van der Waals surface area (Å²) in [7, 11) is 1.31. The number of para-hydroxylation sites is 1. The number of carbonyl (C=O) groups excluding carboxylic acids is 1. The third-order valence-electron chi connectivity index (χ3n) is 3.83. The highest BCUT2D eigenvalue weighted by Gasteiger charge is 2.22. The predicted molar refractivity (Wildman–Crippen MR) is 93.2 cm³/mol. The van der Waals surface area contributed by atoms with Gasteiger partial charge in [-0.3, -0.25) is 4.79 Å². The molecule has 2 rings (SSSR count). The number of aryl methyl sites for hydroxylation is 2. The zero-order chi connectivity index (χ0) is 18.6. The summed E-state index contributed by atoms with van der Waals surface area (Å²) in [5.74, 6) is -1.71. The second-order valence-electron chi connectivity index (χ2n) is 5.82. The number of aliphatic hydroxyl groups is 1. The summed E-state index contributed by atoms with van der Waals surface area (Å²) in [5.41, 5.74) is 2.83. The van der Waals surface area contributed by atoms with Crippen LogP contribution >= 0.6 is 0 Å². The molecular weight excluding hydrogens is 322 g/mol. The van der Waals surface area contributed by atoms with Crippen LogP contribution < -0.4 is 10.1 Å². The molecule has 6 nitrogen and oxygen atoms in total. The maximum atomic E-state index is 12.6. The molecule has 3 N–H and O–H groups in total. The van der Waals surface area contributed by atoms with Gasteiger partial charge in [0.1, 0.15) is 11.3 Å². The van der Waals surface area contributed by atoms with Crippen LogP contribution in [0.4, 0.5) is 0 Å². The summed E-state index contributed by atoms with van der Waals surface area (Å²) >= 11 is 0. The van der Waals surface area contributed by atoms with Crippen molar-refractivity contribution in [3.05, 3.63) is 64.2 Å². The van der Waals surface area contributed by atoms with Crippen molar-refractivity contribution in [1.82, 2.24) is 5.32 Å². The number of methoxy groups -OCH3 is 1. The van der Waals surface area contributed by atoms with Crippen LogP contribution in [0.5, 0.6) is 5.75 Å². The first-order valence-corrected chi connectivity index (χ1v) is 7.77. The van der Waals surface area contributed by atoms with Gasteiger partial charge in [0.25, 0.3) is 5.91 Å². The zero-order valence-corrected chi connectivity index (χ0v) is 14.4. The van der Waals surface area contributed by atoms with Gasteiger partial charge < -0.3 is 20.3 Å². The van der Waals surface area contributed by atoms with E-state index in [4.69, 9.17) is 4.74 Å². The van der Waals surface area contributed by atoms with E-state index < -0.39 is 17.9 Å². The summed E-state index contributed by atoms with van der Waals surface area (Å²) in [6, 6.07) is 9.49. The fourth-order valence-corrected chi connectivity index (χ4v) is 2.79. The highest BCUT2D eigenvalue weighted by atomic mass is 16.5. The molecule has 1 atom stereocenters. The lowest BCUT2D eigenvalue weighted by Gasteiger charge is -2.19. The number of hydrogen-bond acceptors (Lipinski definition) is 4. The molecule has 0 radical (unpaired) electrons. The van der Waals surface area contributed by atoms with Crippen LogP contribution in [0.1, 0.15) is 43.4 Å². The molecule has 132 valence electrons. The molecule has 6 heteroatoms. The minimum Gasteiger partial charge on any atom is -0.495 e. The van der Waals surface area contributed by atoms with E-state index in [1.807, 2.05) is 32.0 Å². The van der Waals surface area contributed by atoms with Crippen molar-refractivity contribution in [2.24, 2.45) is 0 Å². The number of hydrogen-bond donors (Lipinski definition) is 3. The first kappa shape index (κ1) is 18.5. The van der Waals surface area contributed by atoms with Gasteiger partial charge in [0.05, 0.1) is 25.3 Å². The lowest BCUT2D eigenvalue weighted by Crippen LogP contribution is -2.31. The van der Waals surface area contributed by atoms with Crippen LogP contribution in [0.15, 0.2) is 36.4 Å². The Kier molecular flexibility index (Phi) is 5.77. The molecule has 0 aliphatic carbocycles. The molecule has 0 aromatic heterocycles. The van der Waals surface area contributed by atoms with E-state index in [1.165, 1.54) is 25.3 Å². The summed E-state index contributed by atoms with van der Waals surface area (Å²) < 4.78 is 5.11. The summed E-state index contributed by atoms with van der Waals surface area (Å²) in [5, 5.41) is 21.6. The Balaban J connectivity index is 2.34. The highest BCUT2D eigenvalue weighted by Crippen LogP contribution is 2.25. The number of amides is 1. The minimum atomic E-state index is -1.18. The summed E-state index contributed by atoms with van der Waals surface area (Å²) in [6.45, 7) is 3.59. The Labute approximate surface area is 146 Å². The van der Waals surface area contributed by atoms with Crippen LogP contribution in [0, 0.1) is 13.8 Å². The number of carbonyl (C=O) groups is 2. The van der Waals surface area contributed by atoms with Crippen molar-refractivity contribution in [2.45, 2.75) is 19.9 Å². The normalized spacial score (nSPS) is 11.7. The van der Waals surface area contributed by atoms with Gasteiger partial charge in [-0.25, -0.2) is 4.79 Å². The van der Waals surface area contributed by atoms with Crippen molar-refractivity contribution in [3.8, 4) is 5.75 Å². The Hall–Kier alpha value is -2.86. The summed E-state index contributed by atoms with van der Waals surface area (Å²) in [4.78, 5) is 23.9. The average Bonchev–Trinajstić information content (AvgIpc) is 2.57. The van der Waals surface area contributed by atoms with E-state index in [2.05, 4.69) is 5.32 Å². The van der Waals surface area contributed by atoms with Gasteiger partial charge >= 0.3 is 5.97 Å². The molecule has 0 heterocycles. The van der Waals surface area contributed by atoms with Gasteiger partial charge in [-0.15, -0.1) is 0 Å². The van der Waals surface area contributed by atoms with Crippen LogP contribution in [-0.2, 0) is 0 Å². The van der Waals surface area contributed by atoms with E-state index >= 15 is 0 Å². The Morgan fingerprint density at radius 3 is 2.24 bits per heavy atom. The average molecular weight is 343 g/mol. The first-order chi connectivity index (χ1) is 11.9. The number of carboxylic acids is 1. The SMILES string of the molecule is COc1c(C(=O)O)cccc1C(=O)NC(CO)c1cc(C)cc(C)c1. The van der Waals surface area contributed by atoms with Crippen molar-refractivity contribution >= 4 is 11.9 Å². The van der Waals surface area contributed by atoms with E-state index in [1.54, 1.807) is 0 Å². The van der Waals surface area contributed by atoms with Crippen molar-refractivity contribution in [1.29, 1.82) is 0 Å². The minimum absolute atomic E-state index is 0.00962. The monoisotopic (exact) mass is 343 g/mol. The van der Waals surface area contributed by atoms with Gasteiger partial charge in [-0.05, 0) is 31.5 Å². The predicted octanol–water partition coefficient (Wildman–Crippen LogP) is 2.47. The number of ether oxygens (including phenoxy) is 1. The molecule has 2 aromatic carbocycles. The summed E-state index contributed by atoms with van der Waals surface area (Å²) in [6.07, 6.45) is 0. The molecule has 1 unspecified atom stereocenters. The van der Waals surface area contributed by atoms with E-state index in [0.29, 0.717) is 0 Å². The van der Waals surface area contributed by atoms with Crippen LogP contribution in [0.3, 0.4) is 0 Å². The first-order valence-electron chi connectivity index (χ1n) is 7.77. The second-order valence-corrected chi connectivity index (χ2v) is 5.82. The maximum absolute atomic E-state index is 12.6. The molecule has 0 spiro atoms. The van der Waals surface area contributed by atoms with E-state index in [9.17, 15) is 19.8 Å². The Morgan fingerprint density at radius 2 is 1.72 bits per heavy atom. The lowest BCUT2D eigenvalue weighted by molar-refractivity contribution is 0.0693. The zero-order valence-electron chi connectivity index (χ0n) is 14.4. The van der Waals surface area contributed by atoms with Gasteiger partial charge in [-0.2, -0.15) is 0 Å². The van der Waals surface area contributed by atoms with Crippen molar-refractivity contribution < 1.29 is 24.5 Å². The number of carboxylic acid groups (broad SMARTS) is 1. The molecular formula is C19H21NO5. The van der Waals surface area contributed by atoms with Crippen LogP contribution in [0.25, 0.3) is 0 Å². The third-order valence-corrected chi connectivity index (χ3v) is 3.83. The molecule has 0 fully saturated rings. The molecule has 0 aliphatic rings. The number of aromatic carboxylic acids is 1. The topological polar surface area (TPSA) is 95.9 Å². The van der Waals surface area contributed by atoms with Crippen molar-refractivity contribution in [3.63, 3.8) is 0 Å². The number of aliphatic hydroxyl groups excluding tert-OH is 1. The highest BCUT2D eigenvalue weighted by molar-refractivity contribution is 6.02. The quantitative estimate of drug-likeness (QED) is 0.749. The Morgan fingerprint density at radius 1 is 1.12 bits per heavy atom. The Bertz CT molecular complexity index is 780. The van der Waals surface area contributed by atoms with Crippen molar-refractivity contribution in [2.75, 3.05) is 13.7 Å². The molecule has 0 saturated carbocycles. The smallest absolute Gasteiger partial charge is 0.339 e. The number of benzene rings is 2. The molecule has 25 heavy (non-hydrogen) atoms. The van der Waals surface area contributed by atoms with Crippen LogP contribution in [-0.4, -0.2) is 35.8 Å².